The van der Waals surface area contributed by atoms with Crippen molar-refractivity contribution in [3.63, 3.8) is 0 Å². The van der Waals surface area contributed by atoms with Crippen LogP contribution in [0.25, 0.3) is 10.9 Å². The second kappa shape index (κ2) is 8.40. The number of aromatic nitrogens is 1. The number of carbonyl (C=O) groups excluding carboxylic acids is 1. The lowest BCUT2D eigenvalue weighted by molar-refractivity contribution is 0.0530. The van der Waals surface area contributed by atoms with E-state index in [1.54, 1.807) is 30.5 Å². The van der Waals surface area contributed by atoms with Crippen molar-refractivity contribution in [1.82, 2.24) is 9.88 Å². The highest BCUT2D eigenvalue weighted by Gasteiger charge is 2.30. The van der Waals surface area contributed by atoms with Crippen molar-refractivity contribution in [3.8, 4) is 5.75 Å². The Balaban J connectivity index is 1.40. The third kappa shape index (κ3) is 4.11. The third-order valence-electron chi connectivity index (χ3n) is 6.00. The SMILES string of the molecule is C=S1(=O)N=C(N)c2c(cccc2OCC2CCCCN2C(=O)c2ccnc3ccccc23)N1. The van der Waals surface area contributed by atoms with Gasteiger partial charge in [-0.15, -0.1) is 0 Å². The third-order valence-corrected chi connectivity index (χ3v) is 7.03. The highest BCUT2D eigenvalue weighted by molar-refractivity contribution is 8.00. The summed E-state index contributed by atoms with van der Waals surface area (Å²) in [6, 6.07) is 14.7. The molecule has 8 nitrogen and oxygen atoms in total. The highest BCUT2D eigenvalue weighted by atomic mass is 32.2. The van der Waals surface area contributed by atoms with E-state index in [1.807, 2.05) is 29.2 Å². The summed E-state index contributed by atoms with van der Waals surface area (Å²) in [5.41, 5.74) is 8.66. The minimum Gasteiger partial charge on any atom is -0.491 e. The zero-order valence-corrected chi connectivity index (χ0v) is 18.9. The number of piperidine rings is 1. The van der Waals surface area contributed by atoms with Gasteiger partial charge in [0.05, 0.1) is 28.4 Å². The van der Waals surface area contributed by atoms with E-state index < -0.39 is 9.89 Å². The van der Waals surface area contributed by atoms with E-state index in [1.165, 1.54) is 0 Å². The number of carbonyl (C=O) groups is 1. The van der Waals surface area contributed by atoms with Crippen molar-refractivity contribution >= 4 is 44.1 Å². The first-order valence-corrected chi connectivity index (χ1v) is 12.5. The van der Waals surface area contributed by atoms with E-state index in [9.17, 15) is 9.00 Å². The number of ether oxygens (including phenoxy) is 1. The minimum absolute atomic E-state index is 0.0171. The fourth-order valence-corrected chi connectivity index (χ4v) is 5.43. The number of hydrogen-bond donors (Lipinski definition) is 2. The van der Waals surface area contributed by atoms with Crippen LogP contribution in [0.1, 0.15) is 35.2 Å². The molecule has 5 rings (SSSR count). The van der Waals surface area contributed by atoms with Crippen LogP contribution >= 0.6 is 0 Å². The molecule has 2 atom stereocenters. The molecule has 0 saturated carbocycles. The number of pyridine rings is 1. The first-order valence-electron chi connectivity index (χ1n) is 10.8. The minimum atomic E-state index is -2.87. The molecule has 9 heteroatoms. The second-order valence-electron chi connectivity index (χ2n) is 8.23. The molecule has 3 heterocycles. The summed E-state index contributed by atoms with van der Waals surface area (Å²) in [6.07, 6.45) is 4.50. The molecule has 1 saturated heterocycles. The van der Waals surface area contributed by atoms with Gasteiger partial charge in [0.15, 0.2) is 9.89 Å². The summed E-state index contributed by atoms with van der Waals surface area (Å²) in [5.74, 6) is 4.21. The topological polar surface area (TPSA) is 110 Å². The Morgan fingerprint density at radius 1 is 1.21 bits per heavy atom. The van der Waals surface area contributed by atoms with Crippen LogP contribution in [-0.2, 0) is 9.89 Å². The number of rotatable bonds is 4. The van der Waals surface area contributed by atoms with Crippen LogP contribution in [0.15, 0.2) is 59.1 Å². The number of nitrogens with two attached hydrogens (primary N) is 1. The summed E-state index contributed by atoms with van der Waals surface area (Å²) in [4.78, 5) is 19.8. The Morgan fingerprint density at radius 2 is 2.06 bits per heavy atom. The molecule has 3 N–H and O–H groups in total. The van der Waals surface area contributed by atoms with Gasteiger partial charge in [0.2, 0.25) is 0 Å². The molecule has 1 amide bonds. The van der Waals surface area contributed by atoms with Gasteiger partial charge in [0, 0.05) is 18.1 Å². The van der Waals surface area contributed by atoms with E-state index in [2.05, 4.69) is 20.0 Å². The number of likely N-dealkylation sites (tertiary alicyclic amines) is 1. The lowest BCUT2D eigenvalue weighted by Gasteiger charge is -2.36. The molecule has 2 aliphatic rings. The molecule has 33 heavy (non-hydrogen) atoms. The van der Waals surface area contributed by atoms with Crippen LogP contribution in [0.4, 0.5) is 5.69 Å². The van der Waals surface area contributed by atoms with Crippen molar-refractivity contribution in [1.29, 1.82) is 0 Å². The molecule has 0 aliphatic carbocycles. The fourth-order valence-electron chi connectivity index (χ4n) is 4.46. The average Bonchev–Trinajstić information content (AvgIpc) is 2.81. The fraction of sp³-hybridized carbons (Fsp3) is 0.250. The summed E-state index contributed by atoms with van der Waals surface area (Å²) in [5, 5.41) is 0.846. The van der Waals surface area contributed by atoms with E-state index in [0.717, 1.165) is 30.2 Å². The summed E-state index contributed by atoms with van der Waals surface area (Å²) >= 11 is 0. The molecule has 2 aromatic carbocycles. The van der Waals surface area contributed by atoms with Gasteiger partial charge < -0.3 is 15.4 Å². The van der Waals surface area contributed by atoms with Crippen molar-refractivity contribution < 1.29 is 13.7 Å². The van der Waals surface area contributed by atoms with Crippen LogP contribution in [-0.4, -0.2) is 50.9 Å². The largest absolute Gasteiger partial charge is 0.491 e. The van der Waals surface area contributed by atoms with Crippen LogP contribution in [0.3, 0.4) is 0 Å². The van der Waals surface area contributed by atoms with Crippen molar-refractivity contribution in [2.45, 2.75) is 25.3 Å². The molecule has 1 aromatic heterocycles. The molecular formula is C24H25N5O3S. The summed E-state index contributed by atoms with van der Waals surface area (Å²) in [7, 11) is -2.87. The number of para-hydroxylation sites is 1. The first kappa shape index (κ1) is 21.3. The molecule has 3 aromatic rings. The summed E-state index contributed by atoms with van der Waals surface area (Å²) < 4.78 is 25.2. The second-order valence-corrected chi connectivity index (χ2v) is 9.90. The lowest BCUT2D eigenvalue weighted by atomic mass is 10.00. The van der Waals surface area contributed by atoms with Gasteiger partial charge in [-0.25, -0.2) is 4.21 Å². The van der Waals surface area contributed by atoms with Gasteiger partial charge in [-0.3, -0.25) is 14.5 Å². The average molecular weight is 464 g/mol. The number of nitrogens with one attached hydrogen (secondary N) is 1. The van der Waals surface area contributed by atoms with Crippen LogP contribution in [0.5, 0.6) is 5.75 Å². The van der Waals surface area contributed by atoms with Gasteiger partial charge in [-0.2, -0.15) is 4.40 Å². The zero-order chi connectivity index (χ0) is 23.0. The van der Waals surface area contributed by atoms with Crippen molar-refractivity contribution in [3.05, 3.63) is 65.9 Å². The number of hydrogen-bond acceptors (Lipinski definition) is 5. The molecule has 2 aliphatic heterocycles. The first-order chi connectivity index (χ1) is 15.9. The molecule has 2 unspecified atom stereocenters. The number of fused-ring (bicyclic) bond motifs is 2. The quantitative estimate of drug-likeness (QED) is 0.578. The number of benzene rings is 2. The smallest absolute Gasteiger partial charge is 0.254 e. The maximum absolute atomic E-state index is 13.5. The molecule has 0 spiro atoms. The zero-order valence-electron chi connectivity index (χ0n) is 18.1. The van der Waals surface area contributed by atoms with Gasteiger partial charge in [-0.05, 0) is 49.4 Å². The Labute approximate surface area is 192 Å². The predicted molar refractivity (Wildman–Crippen MR) is 132 cm³/mol. The molecule has 170 valence electrons. The van der Waals surface area contributed by atoms with E-state index in [-0.39, 0.29) is 17.8 Å². The van der Waals surface area contributed by atoms with E-state index in [4.69, 9.17) is 10.5 Å². The number of nitrogens with zero attached hydrogens (tertiary/aromatic N) is 3. The monoisotopic (exact) mass is 463 g/mol. The maximum Gasteiger partial charge on any atom is 0.254 e. The lowest BCUT2D eigenvalue weighted by Crippen LogP contribution is -2.46. The Bertz CT molecular complexity index is 1360. The van der Waals surface area contributed by atoms with Crippen LogP contribution in [0, 0.1) is 0 Å². The normalized spacial score (nSPS) is 22.2. The van der Waals surface area contributed by atoms with Gasteiger partial charge in [-0.1, -0.05) is 24.3 Å². The van der Waals surface area contributed by atoms with Crippen molar-refractivity contribution in [2.75, 3.05) is 17.9 Å². The predicted octanol–water partition coefficient (Wildman–Crippen LogP) is 2.99. The Kier molecular flexibility index (Phi) is 5.41. The van der Waals surface area contributed by atoms with Crippen LogP contribution in [0.2, 0.25) is 0 Å². The summed E-state index contributed by atoms with van der Waals surface area (Å²) in [6.45, 7) is 0.989. The molecule has 1 fully saturated rings. The van der Waals surface area contributed by atoms with Gasteiger partial charge in [0.25, 0.3) is 5.91 Å². The Morgan fingerprint density at radius 3 is 2.94 bits per heavy atom. The molecule has 0 bridgehead atoms. The maximum atomic E-state index is 13.5. The van der Waals surface area contributed by atoms with Crippen LogP contribution < -0.4 is 15.2 Å². The van der Waals surface area contributed by atoms with Gasteiger partial charge >= 0.3 is 0 Å². The van der Waals surface area contributed by atoms with E-state index >= 15 is 0 Å². The standard InChI is InChI=1S/C24H25N5O3S/c1-33(31)27-20-10-6-11-21(22(20)23(25)28-33)32-15-16-7-4-5-14-29(16)24(30)18-12-13-26-19-9-3-2-8-17(18)19/h2-3,6,8-13,16H,1,4-5,7,14-15H2,(H3,25,27,28,31). The number of anilines is 1. The number of amidine groups is 1. The molecule has 0 radical (unpaired) electrons. The number of amides is 1. The van der Waals surface area contributed by atoms with E-state index in [0.29, 0.717) is 35.7 Å². The van der Waals surface area contributed by atoms with Gasteiger partial charge in [0.1, 0.15) is 18.2 Å². The van der Waals surface area contributed by atoms with Crippen molar-refractivity contribution in [2.24, 2.45) is 10.1 Å². The Hall–Kier alpha value is -3.59. The molecular weight excluding hydrogens is 438 g/mol. The highest BCUT2D eigenvalue weighted by Crippen LogP contribution is 2.31.